The van der Waals surface area contributed by atoms with Crippen LogP contribution in [0.3, 0.4) is 0 Å². The predicted molar refractivity (Wildman–Crippen MR) is 117 cm³/mol. The maximum Gasteiger partial charge on any atom is 0.183 e. The van der Waals surface area contributed by atoms with Crippen molar-refractivity contribution >= 4 is 10.8 Å². The summed E-state index contributed by atoms with van der Waals surface area (Å²) in [6.45, 7) is 1.97. The maximum atomic E-state index is 15.1. The van der Waals surface area contributed by atoms with Gasteiger partial charge < -0.3 is 14.2 Å². The zero-order valence-electron chi connectivity index (χ0n) is 17.6. The second-order valence-corrected chi connectivity index (χ2v) is 7.97. The lowest BCUT2D eigenvalue weighted by Crippen LogP contribution is -2.27. The quantitative estimate of drug-likeness (QED) is 0.519. The molecule has 0 amide bonds. The molecular weight excluding hydrogens is 393 g/mol. The fourth-order valence-electron chi connectivity index (χ4n) is 3.91. The first-order valence-corrected chi connectivity index (χ1v) is 10.6. The maximum absolute atomic E-state index is 15.1. The van der Waals surface area contributed by atoms with Crippen LogP contribution in [0, 0.1) is 23.1 Å². The van der Waals surface area contributed by atoms with E-state index in [1.54, 1.807) is 19.2 Å². The van der Waals surface area contributed by atoms with Gasteiger partial charge in [-0.1, -0.05) is 36.4 Å². The molecule has 0 aliphatic carbocycles. The Kier molecular flexibility index (Phi) is 6.93. The third-order valence-electron chi connectivity index (χ3n) is 5.79. The minimum atomic E-state index is -0.415. The molecule has 0 spiro atoms. The van der Waals surface area contributed by atoms with Crippen molar-refractivity contribution in [2.45, 2.75) is 25.6 Å². The average Bonchev–Trinajstić information content (AvgIpc) is 2.83. The number of hydrogen-bond acceptors (Lipinski definition) is 4. The molecule has 0 unspecified atom stereocenters. The van der Waals surface area contributed by atoms with Gasteiger partial charge in [-0.05, 0) is 54.0 Å². The lowest BCUT2D eigenvalue weighted by atomic mass is 9.98. The van der Waals surface area contributed by atoms with Gasteiger partial charge in [0.2, 0.25) is 0 Å². The number of halogens is 1. The Bertz CT molecular complexity index is 1070. The molecule has 0 N–H and O–H groups in total. The average molecular weight is 419 g/mol. The first-order valence-electron chi connectivity index (χ1n) is 10.6. The number of ether oxygens (including phenoxy) is 3. The monoisotopic (exact) mass is 419 g/mol. The Morgan fingerprint density at radius 3 is 2.52 bits per heavy atom. The van der Waals surface area contributed by atoms with Gasteiger partial charge in [0.15, 0.2) is 6.29 Å². The molecule has 0 saturated carbocycles. The van der Waals surface area contributed by atoms with Crippen molar-refractivity contribution in [2.24, 2.45) is 5.92 Å². The fraction of sp³-hybridized carbons (Fsp3) is 0.346. The highest BCUT2D eigenvalue weighted by Gasteiger charge is 2.23. The molecular formula is C26H26FNO3. The molecule has 3 aromatic rings. The molecule has 5 heteroatoms. The van der Waals surface area contributed by atoms with E-state index in [9.17, 15) is 0 Å². The second-order valence-electron chi connectivity index (χ2n) is 7.97. The zero-order chi connectivity index (χ0) is 21.6. The summed E-state index contributed by atoms with van der Waals surface area (Å²) < 4.78 is 32.0. The molecule has 1 aliphatic heterocycles. The second kappa shape index (κ2) is 10.0. The van der Waals surface area contributed by atoms with Gasteiger partial charge in [0.1, 0.15) is 5.82 Å². The summed E-state index contributed by atoms with van der Waals surface area (Å²) in [6, 6.07) is 19.0. The number of benzene rings is 3. The summed E-state index contributed by atoms with van der Waals surface area (Å²) in [7, 11) is 1.69. The van der Waals surface area contributed by atoms with Crippen LogP contribution in [0.15, 0.2) is 54.6 Å². The molecule has 1 fully saturated rings. The highest BCUT2D eigenvalue weighted by Crippen LogP contribution is 2.30. The van der Waals surface area contributed by atoms with Crippen molar-refractivity contribution < 1.29 is 18.6 Å². The molecule has 4 rings (SSSR count). The van der Waals surface area contributed by atoms with Crippen LogP contribution in [0.4, 0.5) is 4.39 Å². The topological polar surface area (TPSA) is 51.5 Å². The van der Waals surface area contributed by atoms with E-state index < -0.39 is 6.29 Å². The number of nitrogens with zero attached hydrogens (tertiary/aromatic N) is 1. The highest BCUT2D eigenvalue weighted by molar-refractivity contribution is 5.84. The van der Waals surface area contributed by atoms with Crippen LogP contribution < -0.4 is 0 Å². The first kappa shape index (κ1) is 21.5. The number of hydrogen-bond donors (Lipinski definition) is 0. The molecule has 3 aromatic carbocycles. The first-order chi connectivity index (χ1) is 15.2. The van der Waals surface area contributed by atoms with Crippen molar-refractivity contribution in [1.82, 2.24) is 0 Å². The van der Waals surface area contributed by atoms with Gasteiger partial charge in [0.25, 0.3) is 0 Å². The molecule has 1 heterocycles. The van der Waals surface area contributed by atoms with Gasteiger partial charge in [0, 0.05) is 30.6 Å². The van der Waals surface area contributed by atoms with Gasteiger partial charge >= 0.3 is 0 Å². The van der Waals surface area contributed by atoms with E-state index in [-0.39, 0.29) is 5.82 Å². The molecule has 0 aromatic heterocycles. The van der Waals surface area contributed by atoms with E-state index in [0.29, 0.717) is 48.7 Å². The molecule has 0 radical (unpaired) electrons. The molecule has 1 saturated heterocycles. The SMILES string of the molecule is COCCC1COC(c2ccc3c(F)c(CCc4ccc(C#N)cc4)ccc3c2)OC1. The van der Waals surface area contributed by atoms with Gasteiger partial charge in [-0.15, -0.1) is 0 Å². The van der Waals surface area contributed by atoms with E-state index in [1.165, 1.54) is 0 Å². The summed E-state index contributed by atoms with van der Waals surface area (Å²) in [5, 5.41) is 10.3. The van der Waals surface area contributed by atoms with Crippen molar-refractivity contribution in [3.05, 3.63) is 82.7 Å². The molecule has 31 heavy (non-hydrogen) atoms. The van der Waals surface area contributed by atoms with Crippen molar-refractivity contribution in [3.63, 3.8) is 0 Å². The zero-order valence-corrected chi connectivity index (χ0v) is 17.6. The number of nitriles is 1. The number of aryl methyl sites for hydroxylation is 2. The summed E-state index contributed by atoms with van der Waals surface area (Å²) in [5.74, 6) is 0.163. The summed E-state index contributed by atoms with van der Waals surface area (Å²) in [5.41, 5.74) is 3.32. The van der Waals surface area contributed by atoms with E-state index in [4.69, 9.17) is 19.5 Å². The van der Waals surface area contributed by atoms with Gasteiger partial charge in [-0.2, -0.15) is 5.26 Å². The molecule has 160 valence electrons. The Hall–Kier alpha value is -2.78. The van der Waals surface area contributed by atoms with Crippen molar-refractivity contribution in [1.29, 1.82) is 5.26 Å². The van der Waals surface area contributed by atoms with E-state index in [2.05, 4.69) is 6.07 Å². The Balaban J connectivity index is 1.43. The molecule has 4 nitrogen and oxygen atoms in total. The third kappa shape index (κ3) is 5.11. The smallest absolute Gasteiger partial charge is 0.183 e. The summed E-state index contributed by atoms with van der Waals surface area (Å²) >= 11 is 0. The van der Waals surface area contributed by atoms with Crippen LogP contribution in [-0.4, -0.2) is 26.9 Å². The third-order valence-corrected chi connectivity index (χ3v) is 5.79. The Morgan fingerprint density at radius 1 is 1.03 bits per heavy atom. The Morgan fingerprint density at radius 2 is 1.81 bits per heavy atom. The number of methoxy groups -OCH3 is 1. The number of fused-ring (bicyclic) bond motifs is 1. The van der Waals surface area contributed by atoms with Crippen molar-refractivity contribution in [3.8, 4) is 6.07 Å². The van der Waals surface area contributed by atoms with Crippen LogP contribution in [0.25, 0.3) is 10.8 Å². The van der Waals surface area contributed by atoms with E-state index in [0.717, 1.165) is 29.4 Å². The minimum absolute atomic E-state index is 0.178. The van der Waals surface area contributed by atoms with E-state index in [1.807, 2.05) is 42.5 Å². The normalized spacial score (nSPS) is 18.7. The van der Waals surface area contributed by atoms with Crippen LogP contribution in [0.5, 0.6) is 0 Å². The van der Waals surface area contributed by atoms with Crippen LogP contribution in [0.1, 0.15) is 35.0 Å². The van der Waals surface area contributed by atoms with Crippen molar-refractivity contribution in [2.75, 3.05) is 26.9 Å². The molecule has 0 bridgehead atoms. The Labute approximate surface area is 182 Å². The van der Waals surface area contributed by atoms with Crippen LogP contribution in [-0.2, 0) is 27.1 Å². The predicted octanol–water partition coefficient (Wildman–Crippen LogP) is 5.33. The summed E-state index contributed by atoms with van der Waals surface area (Å²) in [4.78, 5) is 0. The highest BCUT2D eigenvalue weighted by atomic mass is 19.1. The standard InChI is InChI=1S/C26H26FNO3/c1-29-13-12-20-16-30-26(31-17-20)23-10-11-24-22(14-23)9-8-21(25(24)27)7-6-18-2-4-19(15-28)5-3-18/h2-5,8-11,14,20,26H,6-7,12-13,16-17H2,1H3. The van der Waals surface area contributed by atoms with E-state index >= 15 is 4.39 Å². The lowest BCUT2D eigenvalue weighted by Gasteiger charge is -2.29. The number of rotatable bonds is 7. The molecule has 0 atom stereocenters. The summed E-state index contributed by atoms with van der Waals surface area (Å²) in [6.07, 6.45) is 1.83. The van der Waals surface area contributed by atoms with Crippen LogP contribution in [0.2, 0.25) is 0 Å². The fourth-order valence-corrected chi connectivity index (χ4v) is 3.91. The lowest BCUT2D eigenvalue weighted by molar-refractivity contribution is -0.207. The minimum Gasteiger partial charge on any atom is -0.385 e. The van der Waals surface area contributed by atoms with Gasteiger partial charge in [-0.3, -0.25) is 0 Å². The molecule has 1 aliphatic rings. The van der Waals surface area contributed by atoms with Gasteiger partial charge in [0.05, 0.1) is 24.8 Å². The van der Waals surface area contributed by atoms with Gasteiger partial charge in [-0.25, -0.2) is 4.39 Å². The largest absolute Gasteiger partial charge is 0.385 e. The van der Waals surface area contributed by atoms with Crippen LogP contribution >= 0.6 is 0 Å².